The summed E-state index contributed by atoms with van der Waals surface area (Å²) in [6.45, 7) is 13.0. The van der Waals surface area contributed by atoms with Gasteiger partial charge in [-0.2, -0.15) is 0 Å². The number of carbonyl (C=O) groups is 2. The quantitative estimate of drug-likeness (QED) is 0.144. The van der Waals surface area contributed by atoms with Crippen molar-refractivity contribution in [3.8, 4) is 34.3 Å². The normalized spacial score (nSPS) is 22.6. The van der Waals surface area contributed by atoms with Crippen LogP contribution < -0.4 is 35.2 Å². The molecule has 5 aliphatic heterocycles. The molecular weight excluding hydrogens is 927 g/mol. The largest absolute Gasteiger partial charge is 0.473 e. The minimum Gasteiger partial charge on any atom is -0.473 e. The molecule has 7 aliphatic rings. The molecular formula is C51H60F2N14O5. The molecule has 0 aromatic carbocycles. The van der Waals surface area contributed by atoms with Gasteiger partial charge in [-0.15, -0.1) is 0 Å². The lowest BCUT2D eigenvalue weighted by Gasteiger charge is -2.42. The van der Waals surface area contributed by atoms with E-state index in [0.29, 0.717) is 90.0 Å². The van der Waals surface area contributed by atoms with Crippen molar-refractivity contribution < 1.29 is 32.6 Å². The van der Waals surface area contributed by atoms with Gasteiger partial charge < -0.3 is 49.1 Å². The van der Waals surface area contributed by atoms with Crippen LogP contribution in [-0.4, -0.2) is 153 Å². The fourth-order valence-electron chi connectivity index (χ4n) is 10.4. The number of amides is 2. The average molecular weight is 987 g/mol. The van der Waals surface area contributed by atoms with Crippen molar-refractivity contribution >= 4 is 45.5 Å². The zero-order valence-corrected chi connectivity index (χ0v) is 40.6. The number of carbonyl (C=O) groups excluding carboxylic acids is 2. The van der Waals surface area contributed by atoms with Crippen LogP contribution in [0.25, 0.3) is 44.6 Å². The lowest BCUT2D eigenvalue weighted by atomic mass is 10.0. The van der Waals surface area contributed by atoms with Gasteiger partial charge in [-0.3, -0.25) is 14.5 Å². The molecule has 21 heteroatoms. The number of aromatic nitrogens is 8. The van der Waals surface area contributed by atoms with Crippen LogP contribution in [-0.2, 0) is 14.3 Å². The fraction of sp³-hybridized carbons (Fsp3) is 0.529. The molecule has 2 amide bonds. The van der Waals surface area contributed by atoms with Gasteiger partial charge >= 0.3 is 0 Å². The second kappa shape index (κ2) is 19.4. The van der Waals surface area contributed by atoms with Crippen LogP contribution in [0.1, 0.15) is 64.5 Å². The number of hydrogen-bond acceptors (Lipinski definition) is 15. The van der Waals surface area contributed by atoms with E-state index in [2.05, 4.69) is 49.9 Å². The molecule has 0 radical (unpaired) electrons. The molecule has 0 unspecified atom stereocenters. The Hall–Kier alpha value is -6.58. The minimum atomic E-state index is -0.365. The van der Waals surface area contributed by atoms with Gasteiger partial charge in [0.2, 0.25) is 23.6 Å². The Morgan fingerprint density at radius 1 is 0.625 bits per heavy atom. The van der Waals surface area contributed by atoms with Crippen LogP contribution >= 0.6 is 0 Å². The Labute approximate surface area is 415 Å². The summed E-state index contributed by atoms with van der Waals surface area (Å²) in [5.74, 6) is 1.18. The molecule has 0 spiro atoms. The first-order chi connectivity index (χ1) is 35.1. The molecule has 2 saturated carbocycles. The summed E-state index contributed by atoms with van der Waals surface area (Å²) in [5, 5.41) is 9.02. The van der Waals surface area contributed by atoms with Gasteiger partial charge in [-0.25, -0.2) is 38.7 Å². The topological polar surface area (TPSA) is 195 Å². The lowest BCUT2D eigenvalue weighted by Crippen LogP contribution is -2.56. The third-order valence-electron chi connectivity index (χ3n) is 15.3. The summed E-state index contributed by atoms with van der Waals surface area (Å²) in [6, 6.07) is 8.04. The first-order valence-corrected chi connectivity index (χ1v) is 25.6. The summed E-state index contributed by atoms with van der Waals surface area (Å²) in [7, 11) is 0. The third-order valence-corrected chi connectivity index (χ3v) is 15.3. The lowest BCUT2D eigenvalue weighted by molar-refractivity contribution is -0.120. The number of nitrogens with one attached hydrogen (secondary N) is 3. The highest BCUT2D eigenvalue weighted by molar-refractivity contribution is 5.86. The summed E-state index contributed by atoms with van der Waals surface area (Å²) in [4.78, 5) is 57.7. The highest BCUT2D eigenvalue weighted by atomic mass is 19.1. The third kappa shape index (κ3) is 9.48. The Kier molecular flexibility index (Phi) is 12.6. The predicted molar refractivity (Wildman–Crippen MR) is 264 cm³/mol. The monoisotopic (exact) mass is 986 g/mol. The molecule has 0 bridgehead atoms. The van der Waals surface area contributed by atoms with Crippen molar-refractivity contribution in [1.82, 2.24) is 59.9 Å². The average Bonchev–Trinajstić information content (AvgIpc) is 4.20. The molecule has 2 aliphatic carbocycles. The van der Waals surface area contributed by atoms with Crippen molar-refractivity contribution in [2.45, 2.75) is 82.7 Å². The number of fused-ring (bicyclic) bond motifs is 2. The first-order valence-electron chi connectivity index (χ1n) is 25.6. The molecule has 5 saturated heterocycles. The number of nitrogens with zero attached hydrogens (tertiary/aromatic N) is 11. The number of rotatable bonds is 13. The highest BCUT2D eigenvalue weighted by Crippen LogP contribution is 2.42. The van der Waals surface area contributed by atoms with Crippen LogP contribution in [0.3, 0.4) is 0 Å². The fourth-order valence-corrected chi connectivity index (χ4v) is 10.4. The van der Waals surface area contributed by atoms with Crippen LogP contribution in [0.2, 0.25) is 0 Å². The SMILES string of the molecule is C[C@@H](Oc1nc(-c2cnc(N3CCN(C4COC4)CC3)c(F)c2)cc2ncn(C3CC3)c12)[C@H]1CNC(=O)C1.C[C@@H](Oc1nc(-c2cnc(N3CCNCC3)c(F)c2)cc2ncn(C3CC3)c12)[C@H]1CNC(=O)C1. The van der Waals surface area contributed by atoms with Crippen LogP contribution in [0.4, 0.5) is 20.4 Å². The summed E-state index contributed by atoms with van der Waals surface area (Å²) in [5.41, 5.74) is 5.49. The molecule has 11 heterocycles. The number of ether oxygens (including phenoxy) is 3. The number of hydrogen-bond donors (Lipinski definition) is 3. The Bertz CT molecular complexity index is 3000. The molecule has 72 heavy (non-hydrogen) atoms. The van der Waals surface area contributed by atoms with Crippen LogP contribution in [0, 0.1) is 23.5 Å². The minimum absolute atomic E-state index is 0.0421. The molecule has 6 aromatic rings. The van der Waals surface area contributed by atoms with Gasteiger partial charge in [0.15, 0.2) is 23.3 Å². The molecule has 13 rings (SSSR count). The van der Waals surface area contributed by atoms with Gasteiger partial charge in [0.1, 0.15) is 23.2 Å². The van der Waals surface area contributed by atoms with Gasteiger partial charge in [-0.1, -0.05) is 0 Å². The smallest absolute Gasteiger partial charge is 0.241 e. The van der Waals surface area contributed by atoms with Crippen molar-refractivity contribution in [2.75, 3.05) is 88.5 Å². The molecule has 3 N–H and O–H groups in total. The van der Waals surface area contributed by atoms with E-state index in [4.69, 9.17) is 24.2 Å². The Morgan fingerprint density at radius 2 is 1.10 bits per heavy atom. The summed E-state index contributed by atoms with van der Waals surface area (Å²) < 4.78 is 52.8. The van der Waals surface area contributed by atoms with E-state index >= 15 is 8.78 Å². The van der Waals surface area contributed by atoms with E-state index in [1.54, 1.807) is 12.4 Å². The number of piperazine rings is 2. The Morgan fingerprint density at radius 3 is 1.50 bits per heavy atom. The van der Waals surface area contributed by atoms with Gasteiger partial charge in [0, 0.05) is 126 Å². The summed E-state index contributed by atoms with van der Waals surface area (Å²) in [6.07, 6.45) is 11.9. The van der Waals surface area contributed by atoms with E-state index in [1.165, 1.54) is 12.1 Å². The maximum atomic E-state index is 15.4. The van der Waals surface area contributed by atoms with E-state index in [-0.39, 0.29) is 47.5 Å². The predicted octanol–water partition coefficient (Wildman–Crippen LogP) is 4.67. The molecule has 19 nitrogen and oxygen atoms in total. The number of pyridine rings is 4. The second-order valence-corrected chi connectivity index (χ2v) is 20.3. The number of imidazole rings is 2. The zero-order valence-electron chi connectivity index (χ0n) is 40.6. The van der Waals surface area contributed by atoms with Crippen LogP contribution in [0.5, 0.6) is 11.8 Å². The van der Waals surface area contributed by atoms with Crippen molar-refractivity contribution in [1.29, 1.82) is 0 Å². The molecule has 378 valence electrons. The highest BCUT2D eigenvalue weighted by Gasteiger charge is 2.35. The number of halogens is 2. The van der Waals surface area contributed by atoms with E-state index in [0.717, 1.165) is 113 Å². The first kappa shape index (κ1) is 46.5. The maximum Gasteiger partial charge on any atom is 0.241 e. The molecule has 7 fully saturated rings. The Balaban J connectivity index is 0.000000148. The zero-order chi connectivity index (χ0) is 49.0. The van der Waals surface area contributed by atoms with E-state index in [1.807, 2.05) is 48.4 Å². The van der Waals surface area contributed by atoms with Crippen molar-refractivity contribution in [3.63, 3.8) is 0 Å². The van der Waals surface area contributed by atoms with Gasteiger partial charge in [-0.05, 0) is 63.8 Å². The standard InChI is InChI=1S/C27H32FN7O3.C24H28FN7O2/c1-16(17-9-24(36)29-11-17)38-27-25-23(31-15-35(25)19-2-3-19)10-22(32-27)18-8-21(28)26(30-12-18)34-6-4-33(5-7-34)20-13-37-14-20;1-14(15-9-21(33)27-11-15)34-24-22-20(29-13-32(22)17-2-3-17)10-19(30-24)16-8-18(25)23(28-12-16)31-6-4-26-5-7-31/h8,10,12,15-17,19-20H,2-7,9,11,13-14H2,1H3,(H,29,36);8,10,12-15,17,26H,2-7,9,11H2,1H3,(H,27,33)/t16-,17-;14-,15-/m11/s1. The summed E-state index contributed by atoms with van der Waals surface area (Å²) >= 11 is 0. The second-order valence-electron chi connectivity index (χ2n) is 20.3. The molecule has 4 atom stereocenters. The van der Waals surface area contributed by atoms with Crippen molar-refractivity contribution in [2.24, 2.45) is 11.8 Å². The van der Waals surface area contributed by atoms with E-state index in [9.17, 15) is 9.59 Å². The van der Waals surface area contributed by atoms with E-state index < -0.39 is 0 Å². The van der Waals surface area contributed by atoms with Crippen LogP contribution in [0.15, 0.2) is 49.3 Å². The maximum absolute atomic E-state index is 15.4. The van der Waals surface area contributed by atoms with Gasteiger partial charge in [0.05, 0.1) is 54.3 Å². The molecule has 6 aromatic heterocycles. The van der Waals surface area contributed by atoms with Crippen molar-refractivity contribution in [3.05, 3.63) is 60.9 Å². The van der Waals surface area contributed by atoms with Gasteiger partial charge in [0.25, 0.3) is 0 Å². The number of anilines is 2.